The van der Waals surface area contributed by atoms with Crippen LogP contribution in [0.1, 0.15) is 27.0 Å². The van der Waals surface area contributed by atoms with E-state index in [0.29, 0.717) is 33.9 Å². The highest BCUT2D eigenvalue weighted by Crippen LogP contribution is 2.38. The predicted octanol–water partition coefficient (Wildman–Crippen LogP) is 4.32. The molecule has 0 atom stereocenters. The first-order valence-electron chi connectivity index (χ1n) is 12.2. The van der Waals surface area contributed by atoms with Crippen molar-refractivity contribution in [2.24, 2.45) is 5.10 Å². The molecule has 0 aliphatic carbocycles. The zero-order chi connectivity index (χ0) is 28.5. The number of esters is 1. The maximum absolute atomic E-state index is 13.2. The van der Waals surface area contributed by atoms with Gasteiger partial charge in [0.2, 0.25) is 5.75 Å². The zero-order valence-corrected chi connectivity index (χ0v) is 22.2. The van der Waals surface area contributed by atoms with E-state index >= 15 is 0 Å². The molecule has 0 saturated carbocycles. The van der Waals surface area contributed by atoms with Crippen LogP contribution in [0.4, 0.5) is 0 Å². The van der Waals surface area contributed by atoms with Crippen molar-refractivity contribution in [3.05, 3.63) is 119 Å². The molecule has 0 saturated heterocycles. The Morgan fingerprint density at radius 2 is 1.35 bits per heavy atom. The third-order valence-corrected chi connectivity index (χ3v) is 6.06. The van der Waals surface area contributed by atoms with E-state index in [9.17, 15) is 14.7 Å². The van der Waals surface area contributed by atoms with Gasteiger partial charge in [-0.3, -0.25) is 4.79 Å². The van der Waals surface area contributed by atoms with Crippen LogP contribution in [0, 0.1) is 0 Å². The summed E-state index contributed by atoms with van der Waals surface area (Å²) in [5, 5.41) is 15.5. The number of methoxy groups -OCH3 is 3. The Hall–Kier alpha value is -5.15. The Labute approximate surface area is 231 Å². The van der Waals surface area contributed by atoms with E-state index in [-0.39, 0.29) is 11.3 Å². The molecule has 1 amide bonds. The second kappa shape index (κ2) is 12.6. The van der Waals surface area contributed by atoms with E-state index < -0.39 is 17.5 Å². The smallest absolute Gasteiger partial charge is 0.343 e. The van der Waals surface area contributed by atoms with Crippen LogP contribution in [0.5, 0.6) is 23.0 Å². The number of carbonyl (C=O) groups excluding carboxylic acids is 2. The molecule has 0 radical (unpaired) electrons. The summed E-state index contributed by atoms with van der Waals surface area (Å²) in [6.07, 6.45) is 1.38. The van der Waals surface area contributed by atoms with Crippen LogP contribution in [-0.2, 0) is 10.4 Å². The lowest BCUT2D eigenvalue weighted by molar-refractivity contribution is -0.136. The molecule has 0 spiro atoms. The summed E-state index contributed by atoms with van der Waals surface area (Å²) < 4.78 is 21.4. The first-order chi connectivity index (χ1) is 19.4. The highest BCUT2D eigenvalue weighted by atomic mass is 16.5. The summed E-state index contributed by atoms with van der Waals surface area (Å²) in [7, 11) is 4.38. The maximum atomic E-state index is 13.2. The Kier molecular flexibility index (Phi) is 8.78. The van der Waals surface area contributed by atoms with Gasteiger partial charge in [-0.1, -0.05) is 72.8 Å². The molecule has 4 aromatic rings. The van der Waals surface area contributed by atoms with Crippen molar-refractivity contribution in [3.8, 4) is 23.0 Å². The lowest BCUT2D eigenvalue weighted by Gasteiger charge is -2.27. The van der Waals surface area contributed by atoms with Gasteiger partial charge in [-0.25, -0.2) is 10.2 Å². The number of aliphatic hydroxyl groups is 1. The van der Waals surface area contributed by atoms with E-state index in [4.69, 9.17) is 18.9 Å². The van der Waals surface area contributed by atoms with Gasteiger partial charge >= 0.3 is 5.97 Å². The van der Waals surface area contributed by atoms with E-state index in [2.05, 4.69) is 10.5 Å². The fraction of sp³-hybridized carbons (Fsp3) is 0.129. The average Bonchev–Trinajstić information content (AvgIpc) is 3.00. The number of hydrogen-bond donors (Lipinski definition) is 2. The predicted molar refractivity (Wildman–Crippen MR) is 149 cm³/mol. The summed E-state index contributed by atoms with van der Waals surface area (Å²) in [5.41, 5.74) is 2.00. The van der Waals surface area contributed by atoms with Gasteiger partial charge in [0.1, 0.15) is 5.75 Å². The summed E-state index contributed by atoms with van der Waals surface area (Å²) in [5.74, 6) is -0.135. The number of nitrogens with one attached hydrogen (secondary N) is 1. The van der Waals surface area contributed by atoms with Crippen molar-refractivity contribution in [1.82, 2.24) is 5.43 Å². The Bertz CT molecular complexity index is 1440. The number of amides is 1. The topological polar surface area (TPSA) is 116 Å². The molecule has 0 bridgehead atoms. The van der Waals surface area contributed by atoms with E-state index in [1.807, 2.05) is 0 Å². The van der Waals surface area contributed by atoms with Crippen molar-refractivity contribution in [2.45, 2.75) is 5.60 Å². The standard InChI is InChI=1S/C31H28N2O7/c1-37-26-18-22(19-27(38-2)28(26)39-3)29(34)40-25-16-10-11-21(17-25)20-32-33-30(35)31(36,23-12-6-4-7-13-23)24-14-8-5-9-15-24/h4-20,36H,1-3H3,(H,33,35)/b32-20+. The molecular formula is C31H28N2O7. The van der Waals surface area contributed by atoms with Crippen molar-refractivity contribution >= 4 is 18.1 Å². The van der Waals surface area contributed by atoms with Crippen molar-refractivity contribution in [3.63, 3.8) is 0 Å². The van der Waals surface area contributed by atoms with Gasteiger partial charge in [0, 0.05) is 0 Å². The molecule has 40 heavy (non-hydrogen) atoms. The van der Waals surface area contributed by atoms with Gasteiger partial charge in [0.05, 0.1) is 33.1 Å². The SMILES string of the molecule is COc1cc(C(=O)Oc2cccc(/C=N/NC(=O)C(O)(c3ccccc3)c3ccccc3)c2)cc(OC)c1OC. The number of benzene rings is 4. The fourth-order valence-corrected chi connectivity index (χ4v) is 4.06. The van der Waals surface area contributed by atoms with Crippen LogP contribution in [0.15, 0.2) is 102 Å². The Balaban J connectivity index is 1.50. The second-order valence-electron chi connectivity index (χ2n) is 8.52. The van der Waals surface area contributed by atoms with Gasteiger partial charge < -0.3 is 24.1 Å². The van der Waals surface area contributed by atoms with E-state index in [1.54, 1.807) is 84.9 Å². The molecule has 9 nitrogen and oxygen atoms in total. The number of nitrogens with zero attached hydrogens (tertiary/aromatic N) is 1. The number of rotatable bonds is 10. The normalized spacial score (nSPS) is 11.1. The minimum absolute atomic E-state index is 0.196. The van der Waals surface area contributed by atoms with Gasteiger partial charge in [-0.2, -0.15) is 5.10 Å². The molecule has 0 heterocycles. The minimum atomic E-state index is -1.96. The Morgan fingerprint density at radius 1 is 0.775 bits per heavy atom. The molecule has 0 aromatic heterocycles. The summed E-state index contributed by atoms with van der Waals surface area (Å²) in [6.45, 7) is 0. The summed E-state index contributed by atoms with van der Waals surface area (Å²) in [6, 6.07) is 26.8. The van der Waals surface area contributed by atoms with Crippen LogP contribution in [0.25, 0.3) is 0 Å². The molecule has 0 aliphatic heterocycles. The van der Waals surface area contributed by atoms with Crippen LogP contribution >= 0.6 is 0 Å². The van der Waals surface area contributed by atoms with Gasteiger partial charge in [-0.05, 0) is 41.0 Å². The molecule has 9 heteroatoms. The largest absolute Gasteiger partial charge is 0.493 e. The maximum Gasteiger partial charge on any atom is 0.343 e. The molecule has 2 N–H and O–H groups in total. The molecule has 4 aromatic carbocycles. The number of hydrazone groups is 1. The average molecular weight is 541 g/mol. The number of carbonyl (C=O) groups is 2. The molecule has 204 valence electrons. The van der Waals surface area contributed by atoms with E-state index in [0.717, 1.165) is 0 Å². The quantitative estimate of drug-likeness (QED) is 0.133. The van der Waals surface area contributed by atoms with Crippen molar-refractivity contribution in [1.29, 1.82) is 0 Å². The lowest BCUT2D eigenvalue weighted by atomic mass is 9.85. The molecule has 0 fully saturated rings. The zero-order valence-electron chi connectivity index (χ0n) is 22.2. The summed E-state index contributed by atoms with van der Waals surface area (Å²) >= 11 is 0. The highest BCUT2D eigenvalue weighted by Gasteiger charge is 2.39. The molecule has 0 aliphatic rings. The lowest BCUT2D eigenvalue weighted by Crippen LogP contribution is -2.43. The van der Waals surface area contributed by atoms with Gasteiger partial charge in [0.25, 0.3) is 5.91 Å². The third kappa shape index (κ3) is 5.95. The van der Waals surface area contributed by atoms with Crippen LogP contribution in [0.3, 0.4) is 0 Å². The van der Waals surface area contributed by atoms with Crippen molar-refractivity contribution < 1.29 is 33.6 Å². The summed E-state index contributed by atoms with van der Waals surface area (Å²) in [4.78, 5) is 26.1. The van der Waals surface area contributed by atoms with Gasteiger partial charge in [0.15, 0.2) is 17.1 Å². The van der Waals surface area contributed by atoms with Gasteiger partial charge in [-0.15, -0.1) is 0 Å². The Morgan fingerprint density at radius 3 is 1.88 bits per heavy atom. The monoisotopic (exact) mass is 540 g/mol. The second-order valence-corrected chi connectivity index (χ2v) is 8.52. The first-order valence-corrected chi connectivity index (χ1v) is 12.2. The van der Waals surface area contributed by atoms with Crippen LogP contribution in [-0.4, -0.2) is 44.5 Å². The molecule has 0 unspecified atom stereocenters. The number of hydrogen-bond acceptors (Lipinski definition) is 8. The number of ether oxygens (including phenoxy) is 4. The third-order valence-electron chi connectivity index (χ3n) is 6.06. The van der Waals surface area contributed by atoms with Crippen LogP contribution in [0.2, 0.25) is 0 Å². The molecular weight excluding hydrogens is 512 g/mol. The first kappa shape index (κ1) is 27.9. The fourth-order valence-electron chi connectivity index (χ4n) is 4.06. The van der Waals surface area contributed by atoms with Crippen molar-refractivity contribution in [2.75, 3.05) is 21.3 Å². The minimum Gasteiger partial charge on any atom is -0.493 e. The highest BCUT2D eigenvalue weighted by molar-refractivity contribution is 5.93. The van der Waals surface area contributed by atoms with E-state index in [1.165, 1.54) is 39.7 Å². The van der Waals surface area contributed by atoms with Crippen LogP contribution < -0.4 is 24.4 Å². The molecule has 4 rings (SSSR count).